The molecule has 2 aromatic carbocycles. The third-order valence-corrected chi connectivity index (χ3v) is 6.58. The molecule has 9 heteroatoms. The van der Waals surface area contributed by atoms with Gasteiger partial charge in [-0.2, -0.15) is 13.2 Å². The summed E-state index contributed by atoms with van der Waals surface area (Å²) in [6.45, 7) is 2.43. The molecule has 2 atom stereocenters. The van der Waals surface area contributed by atoms with Crippen molar-refractivity contribution in [3.8, 4) is 0 Å². The van der Waals surface area contributed by atoms with Crippen molar-refractivity contribution in [1.29, 1.82) is 0 Å². The van der Waals surface area contributed by atoms with Gasteiger partial charge in [0.2, 0.25) is 0 Å². The number of amides is 1. The highest BCUT2D eigenvalue weighted by molar-refractivity contribution is 6.04. The van der Waals surface area contributed by atoms with Gasteiger partial charge in [0.25, 0.3) is 0 Å². The molecule has 3 aliphatic heterocycles. The second-order valence-corrected chi connectivity index (χ2v) is 8.96. The van der Waals surface area contributed by atoms with E-state index in [0.29, 0.717) is 18.6 Å². The first kappa shape index (κ1) is 23.6. The molecule has 0 N–H and O–H groups in total. The Kier molecular flexibility index (Phi) is 6.14. The monoisotopic (exact) mass is 486 g/mol. The summed E-state index contributed by atoms with van der Waals surface area (Å²) in [7, 11) is 0. The van der Waals surface area contributed by atoms with Gasteiger partial charge in [-0.1, -0.05) is 60.2 Å². The molecular formula is C26H25F3N2O4. The van der Waals surface area contributed by atoms with Crippen molar-refractivity contribution >= 4 is 17.4 Å². The quantitative estimate of drug-likeness (QED) is 0.591. The third-order valence-electron chi connectivity index (χ3n) is 6.58. The number of alkyl halides is 3. The molecular weight excluding hydrogens is 461 g/mol. The van der Waals surface area contributed by atoms with Crippen LogP contribution in [0.5, 0.6) is 0 Å². The summed E-state index contributed by atoms with van der Waals surface area (Å²) in [6.07, 6.45) is -4.93. The Bertz CT molecular complexity index is 1150. The van der Waals surface area contributed by atoms with Gasteiger partial charge in [0.05, 0.1) is 19.8 Å². The van der Waals surface area contributed by atoms with Crippen molar-refractivity contribution < 1.29 is 32.2 Å². The average molecular weight is 486 g/mol. The fraction of sp³-hybridized carbons (Fsp3) is 0.385. The lowest BCUT2D eigenvalue weighted by Gasteiger charge is -2.34. The van der Waals surface area contributed by atoms with E-state index in [9.17, 15) is 18.0 Å². The summed E-state index contributed by atoms with van der Waals surface area (Å²) in [5.74, 6) is 0. The third kappa shape index (κ3) is 4.58. The first-order valence-corrected chi connectivity index (χ1v) is 11.4. The molecule has 0 saturated carbocycles. The molecule has 35 heavy (non-hydrogen) atoms. The molecule has 6 nitrogen and oxygen atoms in total. The zero-order chi connectivity index (χ0) is 24.6. The van der Waals surface area contributed by atoms with Crippen LogP contribution in [0.25, 0.3) is 5.57 Å². The van der Waals surface area contributed by atoms with Crippen molar-refractivity contribution in [3.05, 3.63) is 77.0 Å². The number of nitrogens with zero attached hydrogens (tertiary/aromatic N) is 2. The summed E-state index contributed by atoms with van der Waals surface area (Å²) < 4.78 is 59.0. The van der Waals surface area contributed by atoms with Crippen LogP contribution in [0.15, 0.2) is 65.3 Å². The van der Waals surface area contributed by atoms with E-state index in [2.05, 4.69) is 4.99 Å². The highest BCUT2D eigenvalue weighted by Crippen LogP contribution is 2.43. The number of hydrogen-bond acceptors (Lipinski definition) is 5. The van der Waals surface area contributed by atoms with Crippen LogP contribution in [0.4, 0.5) is 18.0 Å². The lowest BCUT2D eigenvalue weighted by atomic mass is 9.96. The molecule has 1 spiro atoms. The molecule has 0 aromatic heterocycles. The van der Waals surface area contributed by atoms with Gasteiger partial charge in [0.15, 0.2) is 5.72 Å². The topological polar surface area (TPSA) is 60.4 Å². The number of carbonyl (C=O) groups is 1. The standard InChI is InChI=1S/C26H25F3N2O4/c1-17-7-9-19(10-8-17)20-13-21(30-23(20)26(27,28)29)22-15-35-25(11-12-33-16-25)31(22)24(32)34-14-18-5-3-2-4-6-18/h2-10,22H,11-16H2,1H3/t22-,25?/m0/s1. The van der Waals surface area contributed by atoms with Crippen LogP contribution in [-0.2, 0) is 20.8 Å². The molecule has 1 unspecified atom stereocenters. The smallest absolute Gasteiger partial charge is 0.433 e. The molecule has 0 bridgehead atoms. The van der Waals surface area contributed by atoms with Gasteiger partial charge in [0, 0.05) is 18.6 Å². The highest BCUT2D eigenvalue weighted by Gasteiger charge is 2.56. The number of halogens is 3. The summed E-state index contributed by atoms with van der Waals surface area (Å²) in [5, 5.41) is 0. The Morgan fingerprint density at radius 1 is 1.17 bits per heavy atom. The van der Waals surface area contributed by atoms with Crippen LogP contribution in [0.2, 0.25) is 0 Å². The Balaban J connectivity index is 1.43. The molecule has 0 aliphatic carbocycles. The summed E-state index contributed by atoms with van der Waals surface area (Å²) in [4.78, 5) is 18.7. The van der Waals surface area contributed by atoms with E-state index in [1.807, 2.05) is 37.3 Å². The van der Waals surface area contributed by atoms with Gasteiger partial charge in [-0.3, -0.25) is 4.90 Å². The van der Waals surface area contributed by atoms with Crippen molar-refractivity contribution in [1.82, 2.24) is 4.90 Å². The number of hydrogen-bond donors (Lipinski definition) is 0. The van der Waals surface area contributed by atoms with Gasteiger partial charge >= 0.3 is 12.3 Å². The predicted molar refractivity (Wildman–Crippen MR) is 123 cm³/mol. The van der Waals surface area contributed by atoms with Gasteiger partial charge < -0.3 is 14.2 Å². The Morgan fingerprint density at radius 3 is 2.57 bits per heavy atom. The summed E-state index contributed by atoms with van der Waals surface area (Å²) in [5.41, 5.74) is 0.514. The molecule has 2 fully saturated rings. The first-order chi connectivity index (χ1) is 16.8. The number of aryl methyl sites for hydroxylation is 1. The van der Waals surface area contributed by atoms with Crippen molar-refractivity contribution in [2.45, 2.75) is 44.3 Å². The number of aliphatic imine (C=N–C) groups is 1. The van der Waals surface area contributed by atoms with E-state index in [4.69, 9.17) is 14.2 Å². The maximum absolute atomic E-state index is 14.0. The molecule has 184 valence electrons. The highest BCUT2D eigenvalue weighted by atomic mass is 19.4. The second-order valence-electron chi connectivity index (χ2n) is 8.96. The molecule has 0 radical (unpaired) electrons. The first-order valence-electron chi connectivity index (χ1n) is 11.4. The molecule has 3 aliphatic rings. The number of benzene rings is 2. The van der Waals surface area contributed by atoms with E-state index in [0.717, 1.165) is 11.1 Å². The van der Waals surface area contributed by atoms with Crippen LogP contribution in [0.3, 0.4) is 0 Å². The minimum Gasteiger partial charge on any atom is -0.444 e. The fourth-order valence-electron chi connectivity index (χ4n) is 4.76. The second kappa shape index (κ2) is 9.13. The fourth-order valence-corrected chi connectivity index (χ4v) is 4.76. The number of carbonyl (C=O) groups excluding carboxylic acids is 1. The minimum absolute atomic E-state index is 0.0228. The predicted octanol–water partition coefficient (Wildman–Crippen LogP) is 5.27. The molecule has 5 rings (SSSR count). The maximum Gasteiger partial charge on any atom is 0.433 e. The van der Waals surface area contributed by atoms with Gasteiger partial charge in [-0.25, -0.2) is 9.79 Å². The SMILES string of the molecule is Cc1ccc(C2=C(C(F)(F)F)N=C([C@@H]3COC4(CCOC4)N3C(=O)OCc3ccccc3)C2)cc1. The zero-order valence-electron chi connectivity index (χ0n) is 19.2. The lowest BCUT2D eigenvalue weighted by Crippen LogP contribution is -2.54. The van der Waals surface area contributed by atoms with E-state index in [1.54, 1.807) is 24.3 Å². The van der Waals surface area contributed by atoms with E-state index >= 15 is 0 Å². The number of rotatable bonds is 4. The van der Waals surface area contributed by atoms with Crippen molar-refractivity contribution in [2.75, 3.05) is 19.8 Å². The number of ether oxygens (including phenoxy) is 3. The van der Waals surface area contributed by atoms with Crippen LogP contribution >= 0.6 is 0 Å². The summed E-state index contributed by atoms with van der Waals surface area (Å²) >= 11 is 0. The number of allylic oxidation sites excluding steroid dienone is 2. The largest absolute Gasteiger partial charge is 0.444 e. The van der Waals surface area contributed by atoms with Crippen LogP contribution in [0.1, 0.15) is 29.5 Å². The van der Waals surface area contributed by atoms with Crippen LogP contribution in [-0.4, -0.2) is 54.5 Å². The van der Waals surface area contributed by atoms with Crippen LogP contribution in [0, 0.1) is 6.92 Å². The van der Waals surface area contributed by atoms with E-state index in [1.165, 1.54) is 4.90 Å². The minimum atomic E-state index is -4.63. The van der Waals surface area contributed by atoms with Gasteiger partial charge in [-0.05, 0) is 23.6 Å². The molecule has 2 aromatic rings. The lowest BCUT2D eigenvalue weighted by molar-refractivity contribution is -0.0915. The Morgan fingerprint density at radius 2 is 1.91 bits per heavy atom. The normalized spacial score (nSPS) is 24.4. The average Bonchev–Trinajstić information content (AvgIpc) is 3.58. The molecule has 2 saturated heterocycles. The molecule has 3 heterocycles. The van der Waals surface area contributed by atoms with Gasteiger partial charge in [-0.15, -0.1) is 0 Å². The van der Waals surface area contributed by atoms with Gasteiger partial charge in [0.1, 0.15) is 18.3 Å². The zero-order valence-corrected chi connectivity index (χ0v) is 19.2. The summed E-state index contributed by atoms with van der Waals surface area (Å²) in [6, 6.07) is 15.3. The van der Waals surface area contributed by atoms with Crippen molar-refractivity contribution in [2.24, 2.45) is 4.99 Å². The Labute approximate surface area is 201 Å². The van der Waals surface area contributed by atoms with E-state index in [-0.39, 0.29) is 37.5 Å². The maximum atomic E-state index is 14.0. The van der Waals surface area contributed by atoms with E-state index < -0.39 is 29.7 Å². The van der Waals surface area contributed by atoms with Crippen molar-refractivity contribution in [3.63, 3.8) is 0 Å². The Hall–Kier alpha value is -3.17. The van der Waals surface area contributed by atoms with Crippen LogP contribution < -0.4 is 0 Å². The molecule has 1 amide bonds.